The number of benzene rings is 1. The fourth-order valence-electron chi connectivity index (χ4n) is 1.30. The Morgan fingerprint density at radius 3 is 2.11 bits per heavy atom. The SMILES string of the molecule is CC(C)(C)Oc1cc(C(=O)O)cc(C(F)(F)F)c1. The summed E-state index contributed by atoms with van der Waals surface area (Å²) < 4.78 is 43.1. The molecule has 0 aromatic heterocycles. The first-order valence-corrected chi connectivity index (χ1v) is 5.13. The number of carboxylic acids is 1. The molecule has 0 heterocycles. The van der Waals surface area contributed by atoms with Crippen molar-refractivity contribution in [1.29, 1.82) is 0 Å². The van der Waals surface area contributed by atoms with Crippen LogP contribution in [0.2, 0.25) is 0 Å². The van der Waals surface area contributed by atoms with Crippen molar-refractivity contribution in [3.63, 3.8) is 0 Å². The van der Waals surface area contributed by atoms with Crippen LogP contribution in [0.4, 0.5) is 13.2 Å². The molecule has 0 spiro atoms. The van der Waals surface area contributed by atoms with E-state index in [2.05, 4.69) is 0 Å². The minimum absolute atomic E-state index is 0.116. The zero-order chi connectivity index (χ0) is 14.1. The van der Waals surface area contributed by atoms with Crippen molar-refractivity contribution in [3.05, 3.63) is 29.3 Å². The number of hydrogen-bond acceptors (Lipinski definition) is 2. The maximum atomic E-state index is 12.6. The van der Waals surface area contributed by atoms with E-state index < -0.39 is 28.9 Å². The van der Waals surface area contributed by atoms with E-state index in [1.54, 1.807) is 20.8 Å². The third kappa shape index (κ3) is 3.94. The van der Waals surface area contributed by atoms with Crippen molar-refractivity contribution in [2.75, 3.05) is 0 Å². The molecular formula is C12H13F3O3. The molecule has 3 nitrogen and oxygen atoms in total. The van der Waals surface area contributed by atoms with Crippen LogP contribution < -0.4 is 4.74 Å². The van der Waals surface area contributed by atoms with Gasteiger partial charge in [-0.05, 0) is 39.0 Å². The summed E-state index contributed by atoms with van der Waals surface area (Å²) in [5.74, 6) is -1.55. The van der Waals surface area contributed by atoms with Crippen LogP contribution >= 0.6 is 0 Å². The highest BCUT2D eigenvalue weighted by Gasteiger charge is 2.32. The Labute approximate surface area is 102 Å². The molecule has 0 amide bonds. The summed E-state index contributed by atoms with van der Waals surface area (Å²) in [5.41, 5.74) is -2.20. The molecule has 0 radical (unpaired) electrons. The summed E-state index contributed by atoms with van der Waals surface area (Å²) in [6.07, 6.45) is -4.61. The molecule has 100 valence electrons. The second-order valence-electron chi connectivity index (χ2n) is 4.76. The smallest absolute Gasteiger partial charge is 0.416 e. The summed E-state index contributed by atoms with van der Waals surface area (Å²) >= 11 is 0. The summed E-state index contributed by atoms with van der Waals surface area (Å²) in [7, 11) is 0. The van der Waals surface area contributed by atoms with Crippen molar-refractivity contribution in [3.8, 4) is 5.75 Å². The first kappa shape index (κ1) is 14.3. The van der Waals surface area contributed by atoms with Gasteiger partial charge in [-0.25, -0.2) is 4.79 Å². The summed E-state index contributed by atoms with van der Waals surface area (Å²) in [5, 5.41) is 8.77. The average Bonchev–Trinajstić information content (AvgIpc) is 2.12. The quantitative estimate of drug-likeness (QED) is 0.886. The Bertz CT molecular complexity index is 459. The van der Waals surface area contributed by atoms with Crippen molar-refractivity contribution in [2.24, 2.45) is 0 Å². The second kappa shape index (κ2) is 4.51. The fraction of sp³-hybridized carbons (Fsp3) is 0.417. The summed E-state index contributed by atoms with van der Waals surface area (Å²) in [6.45, 7) is 4.98. The zero-order valence-electron chi connectivity index (χ0n) is 10.1. The maximum absolute atomic E-state index is 12.6. The number of carbonyl (C=O) groups is 1. The third-order valence-electron chi connectivity index (χ3n) is 1.90. The van der Waals surface area contributed by atoms with Gasteiger partial charge in [0.2, 0.25) is 0 Å². The third-order valence-corrected chi connectivity index (χ3v) is 1.90. The molecule has 0 saturated heterocycles. The van der Waals surface area contributed by atoms with Gasteiger partial charge in [-0.2, -0.15) is 13.2 Å². The fourth-order valence-corrected chi connectivity index (χ4v) is 1.30. The molecule has 0 unspecified atom stereocenters. The van der Waals surface area contributed by atoms with Gasteiger partial charge in [0.25, 0.3) is 0 Å². The van der Waals surface area contributed by atoms with Crippen molar-refractivity contribution >= 4 is 5.97 Å². The Kier molecular flexibility index (Phi) is 3.59. The number of ether oxygens (including phenoxy) is 1. The standard InChI is InChI=1S/C12H13F3O3/c1-11(2,3)18-9-5-7(10(16)17)4-8(6-9)12(13,14)15/h4-6H,1-3H3,(H,16,17). The largest absolute Gasteiger partial charge is 0.488 e. The van der Waals surface area contributed by atoms with Gasteiger partial charge in [-0.1, -0.05) is 0 Å². The lowest BCUT2D eigenvalue weighted by atomic mass is 10.1. The Morgan fingerprint density at radius 2 is 1.72 bits per heavy atom. The van der Waals surface area contributed by atoms with E-state index in [1.165, 1.54) is 0 Å². The van der Waals surface area contributed by atoms with E-state index >= 15 is 0 Å². The van der Waals surface area contributed by atoms with Gasteiger partial charge in [0, 0.05) is 0 Å². The maximum Gasteiger partial charge on any atom is 0.416 e. The van der Waals surface area contributed by atoms with Crippen LogP contribution in [0.3, 0.4) is 0 Å². The van der Waals surface area contributed by atoms with Crippen LogP contribution in [0.25, 0.3) is 0 Å². The number of carboxylic acid groups (broad SMARTS) is 1. The number of alkyl halides is 3. The topological polar surface area (TPSA) is 46.5 Å². The lowest BCUT2D eigenvalue weighted by Gasteiger charge is -2.22. The Hall–Kier alpha value is -1.72. The number of aromatic carboxylic acids is 1. The van der Waals surface area contributed by atoms with Crippen LogP contribution in [-0.2, 0) is 6.18 Å². The predicted molar refractivity (Wildman–Crippen MR) is 58.8 cm³/mol. The van der Waals surface area contributed by atoms with Gasteiger partial charge in [0.05, 0.1) is 11.1 Å². The van der Waals surface area contributed by atoms with E-state index in [0.717, 1.165) is 12.1 Å². The van der Waals surface area contributed by atoms with Gasteiger partial charge >= 0.3 is 12.1 Å². The second-order valence-corrected chi connectivity index (χ2v) is 4.76. The Morgan fingerprint density at radius 1 is 1.17 bits per heavy atom. The number of hydrogen-bond donors (Lipinski definition) is 1. The van der Waals surface area contributed by atoms with E-state index in [4.69, 9.17) is 9.84 Å². The summed E-state index contributed by atoms with van der Waals surface area (Å²) in [4.78, 5) is 10.8. The molecule has 0 aliphatic rings. The number of rotatable bonds is 2. The first-order valence-electron chi connectivity index (χ1n) is 5.13. The van der Waals surface area contributed by atoms with Gasteiger partial charge in [0.15, 0.2) is 0 Å². The molecule has 1 aromatic carbocycles. The molecule has 1 rings (SSSR count). The van der Waals surface area contributed by atoms with Gasteiger partial charge in [0.1, 0.15) is 11.4 Å². The van der Waals surface area contributed by atoms with Crippen LogP contribution in [0.15, 0.2) is 18.2 Å². The molecule has 0 aliphatic heterocycles. The highest BCUT2D eigenvalue weighted by molar-refractivity contribution is 5.88. The highest BCUT2D eigenvalue weighted by atomic mass is 19.4. The van der Waals surface area contributed by atoms with Crippen LogP contribution in [-0.4, -0.2) is 16.7 Å². The molecule has 0 saturated carbocycles. The molecule has 1 aromatic rings. The monoisotopic (exact) mass is 262 g/mol. The molecule has 1 N–H and O–H groups in total. The molecule has 0 fully saturated rings. The molecule has 6 heteroatoms. The predicted octanol–water partition coefficient (Wildman–Crippen LogP) is 3.58. The molecule has 0 bridgehead atoms. The minimum atomic E-state index is -4.61. The van der Waals surface area contributed by atoms with Gasteiger partial charge in [-0.15, -0.1) is 0 Å². The van der Waals surface area contributed by atoms with E-state index in [1.807, 2.05) is 0 Å². The molecular weight excluding hydrogens is 249 g/mol. The molecule has 18 heavy (non-hydrogen) atoms. The van der Waals surface area contributed by atoms with E-state index in [-0.39, 0.29) is 5.75 Å². The summed E-state index contributed by atoms with van der Waals surface area (Å²) in [6, 6.07) is 2.44. The van der Waals surface area contributed by atoms with E-state index in [0.29, 0.717) is 6.07 Å². The molecule has 0 atom stereocenters. The normalized spacial score (nSPS) is 12.3. The highest BCUT2D eigenvalue weighted by Crippen LogP contribution is 2.33. The Balaban J connectivity index is 3.27. The van der Waals surface area contributed by atoms with Gasteiger partial charge < -0.3 is 9.84 Å². The van der Waals surface area contributed by atoms with Crippen LogP contribution in [0.5, 0.6) is 5.75 Å². The van der Waals surface area contributed by atoms with Crippen molar-refractivity contribution in [2.45, 2.75) is 32.5 Å². The average molecular weight is 262 g/mol. The van der Waals surface area contributed by atoms with Crippen LogP contribution in [0.1, 0.15) is 36.7 Å². The molecule has 0 aliphatic carbocycles. The number of halogens is 3. The van der Waals surface area contributed by atoms with Crippen molar-refractivity contribution < 1.29 is 27.8 Å². The van der Waals surface area contributed by atoms with Crippen molar-refractivity contribution in [1.82, 2.24) is 0 Å². The first-order chi connectivity index (χ1) is 7.99. The van der Waals surface area contributed by atoms with E-state index in [9.17, 15) is 18.0 Å². The lowest BCUT2D eigenvalue weighted by Crippen LogP contribution is -2.23. The zero-order valence-corrected chi connectivity index (χ0v) is 10.1. The van der Waals surface area contributed by atoms with Gasteiger partial charge in [-0.3, -0.25) is 0 Å². The lowest BCUT2D eigenvalue weighted by molar-refractivity contribution is -0.137. The van der Waals surface area contributed by atoms with Crippen LogP contribution in [0, 0.1) is 0 Å². The minimum Gasteiger partial charge on any atom is -0.488 e.